The molecule has 0 fully saturated rings. The van der Waals surface area contributed by atoms with Gasteiger partial charge in [-0.3, -0.25) is 4.79 Å². The van der Waals surface area contributed by atoms with Crippen LogP contribution in [0.3, 0.4) is 0 Å². The summed E-state index contributed by atoms with van der Waals surface area (Å²) in [5, 5.41) is 0.866. The Bertz CT molecular complexity index is 1140. The molecule has 3 heterocycles. The SMILES string of the molecule is COc1cc(C(=O)c2ccn(-c3ncnc4[nH]ccc34)c2)cc(OC)c1OC. The van der Waals surface area contributed by atoms with Crippen LogP contribution < -0.4 is 14.2 Å². The zero-order valence-electron chi connectivity index (χ0n) is 15.6. The second kappa shape index (κ2) is 7.07. The predicted octanol–water partition coefficient (Wildman–Crippen LogP) is 3.01. The van der Waals surface area contributed by atoms with Crippen LogP contribution in [0.5, 0.6) is 17.2 Å². The fourth-order valence-corrected chi connectivity index (χ4v) is 3.11. The third-order valence-corrected chi connectivity index (χ3v) is 4.46. The van der Waals surface area contributed by atoms with Gasteiger partial charge in [-0.1, -0.05) is 0 Å². The summed E-state index contributed by atoms with van der Waals surface area (Å²) in [4.78, 5) is 24.6. The first-order valence-electron chi connectivity index (χ1n) is 8.47. The molecule has 0 unspecified atom stereocenters. The second-order valence-corrected chi connectivity index (χ2v) is 5.99. The summed E-state index contributed by atoms with van der Waals surface area (Å²) in [7, 11) is 4.55. The van der Waals surface area contributed by atoms with Crippen LogP contribution >= 0.6 is 0 Å². The number of aromatic amines is 1. The summed E-state index contributed by atoms with van der Waals surface area (Å²) in [6.07, 6.45) is 6.81. The minimum Gasteiger partial charge on any atom is -0.493 e. The number of nitrogens with zero attached hydrogens (tertiary/aromatic N) is 3. The lowest BCUT2D eigenvalue weighted by Crippen LogP contribution is -2.04. The molecule has 8 heteroatoms. The summed E-state index contributed by atoms with van der Waals surface area (Å²) in [5.74, 6) is 1.81. The van der Waals surface area contributed by atoms with E-state index >= 15 is 0 Å². The van der Waals surface area contributed by atoms with Crippen LogP contribution in [0.4, 0.5) is 0 Å². The molecule has 0 amide bonds. The normalized spacial score (nSPS) is 10.8. The monoisotopic (exact) mass is 378 g/mol. The van der Waals surface area contributed by atoms with Crippen molar-refractivity contribution in [2.45, 2.75) is 0 Å². The van der Waals surface area contributed by atoms with Gasteiger partial charge in [0.15, 0.2) is 17.3 Å². The van der Waals surface area contributed by atoms with Crippen LogP contribution in [0.25, 0.3) is 16.9 Å². The number of carbonyl (C=O) groups excluding carboxylic acids is 1. The van der Waals surface area contributed by atoms with E-state index in [0.717, 1.165) is 11.0 Å². The molecule has 0 spiro atoms. The third kappa shape index (κ3) is 2.84. The molecular weight excluding hydrogens is 360 g/mol. The van der Waals surface area contributed by atoms with Gasteiger partial charge in [-0.2, -0.15) is 0 Å². The number of aromatic nitrogens is 4. The molecule has 0 atom stereocenters. The van der Waals surface area contributed by atoms with Gasteiger partial charge in [0, 0.05) is 29.7 Å². The van der Waals surface area contributed by atoms with Crippen molar-refractivity contribution >= 4 is 16.8 Å². The van der Waals surface area contributed by atoms with Gasteiger partial charge < -0.3 is 23.8 Å². The van der Waals surface area contributed by atoms with Crippen molar-refractivity contribution in [3.05, 3.63) is 60.3 Å². The number of H-pyrrole nitrogens is 1. The quantitative estimate of drug-likeness (QED) is 0.519. The molecule has 0 aliphatic heterocycles. The summed E-state index contributed by atoms with van der Waals surface area (Å²) in [6.45, 7) is 0. The van der Waals surface area contributed by atoms with Gasteiger partial charge in [0.2, 0.25) is 5.75 Å². The van der Waals surface area contributed by atoms with Crippen molar-refractivity contribution in [1.82, 2.24) is 19.5 Å². The second-order valence-electron chi connectivity index (χ2n) is 5.99. The van der Waals surface area contributed by atoms with Gasteiger partial charge in [0.1, 0.15) is 17.8 Å². The Kier molecular flexibility index (Phi) is 4.44. The number of benzene rings is 1. The minimum atomic E-state index is -0.169. The standard InChI is InChI=1S/C20H18N4O4/c1-26-15-8-13(9-16(27-2)18(15)28-3)17(25)12-5-7-24(10-12)20-14-4-6-21-19(14)22-11-23-20/h4-11H,1-3H3,(H,21,22,23). The first kappa shape index (κ1) is 17.6. The van der Waals surface area contributed by atoms with Crippen molar-refractivity contribution in [3.8, 4) is 23.1 Å². The largest absolute Gasteiger partial charge is 0.493 e. The van der Waals surface area contributed by atoms with E-state index in [1.165, 1.54) is 27.7 Å². The Morgan fingerprint density at radius 2 is 1.75 bits per heavy atom. The molecule has 3 aromatic heterocycles. The minimum absolute atomic E-state index is 0.169. The highest BCUT2D eigenvalue weighted by molar-refractivity contribution is 6.09. The fraction of sp³-hybridized carbons (Fsp3) is 0.150. The highest BCUT2D eigenvalue weighted by Crippen LogP contribution is 2.38. The van der Waals surface area contributed by atoms with Crippen molar-refractivity contribution in [2.75, 3.05) is 21.3 Å². The summed E-state index contributed by atoms with van der Waals surface area (Å²) in [5.41, 5.74) is 1.68. The molecule has 0 radical (unpaired) electrons. The van der Waals surface area contributed by atoms with Crippen LogP contribution in [0, 0.1) is 0 Å². The maximum atomic E-state index is 13.0. The number of methoxy groups -OCH3 is 3. The number of fused-ring (bicyclic) bond motifs is 1. The topological polar surface area (TPSA) is 91.3 Å². The highest BCUT2D eigenvalue weighted by atomic mass is 16.5. The zero-order valence-corrected chi connectivity index (χ0v) is 15.6. The number of carbonyl (C=O) groups is 1. The molecule has 0 bridgehead atoms. The van der Waals surface area contributed by atoms with E-state index in [4.69, 9.17) is 14.2 Å². The number of ether oxygens (including phenoxy) is 3. The van der Waals surface area contributed by atoms with E-state index in [1.807, 2.05) is 6.07 Å². The summed E-state index contributed by atoms with van der Waals surface area (Å²) >= 11 is 0. The van der Waals surface area contributed by atoms with Gasteiger partial charge in [-0.05, 0) is 24.3 Å². The summed E-state index contributed by atoms with van der Waals surface area (Å²) in [6, 6.07) is 6.91. The third-order valence-electron chi connectivity index (χ3n) is 4.46. The smallest absolute Gasteiger partial charge is 0.203 e. The van der Waals surface area contributed by atoms with Crippen LogP contribution in [0.1, 0.15) is 15.9 Å². The lowest BCUT2D eigenvalue weighted by atomic mass is 10.0. The predicted molar refractivity (Wildman–Crippen MR) is 103 cm³/mol. The van der Waals surface area contributed by atoms with Gasteiger partial charge in [0.05, 0.1) is 26.7 Å². The Hall–Kier alpha value is -3.81. The molecule has 0 aliphatic rings. The molecule has 0 aliphatic carbocycles. The molecule has 28 heavy (non-hydrogen) atoms. The number of nitrogens with one attached hydrogen (secondary N) is 1. The van der Waals surface area contributed by atoms with E-state index in [0.29, 0.717) is 34.2 Å². The maximum absolute atomic E-state index is 13.0. The van der Waals surface area contributed by atoms with E-state index in [2.05, 4.69) is 15.0 Å². The molecule has 1 N–H and O–H groups in total. The van der Waals surface area contributed by atoms with Gasteiger partial charge >= 0.3 is 0 Å². The molecule has 0 saturated carbocycles. The van der Waals surface area contributed by atoms with Crippen molar-refractivity contribution in [3.63, 3.8) is 0 Å². The lowest BCUT2D eigenvalue weighted by Gasteiger charge is -2.13. The van der Waals surface area contributed by atoms with Gasteiger partial charge in [-0.25, -0.2) is 9.97 Å². The maximum Gasteiger partial charge on any atom is 0.203 e. The van der Waals surface area contributed by atoms with Crippen LogP contribution in [0.2, 0.25) is 0 Å². The van der Waals surface area contributed by atoms with E-state index in [-0.39, 0.29) is 5.78 Å². The van der Waals surface area contributed by atoms with Crippen LogP contribution in [-0.2, 0) is 0 Å². The van der Waals surface area contributed by atoms with Gasteiger partial charge in [-0.15, -0.1) is 0 Å². The Morgan fingerprint density at radius 3 is 2.43 bits per heavy atom. The zero-order chi connectivity index (χ0) is 19.7. The summed E-state index contributed by atoms with van der Waals surface area (Å²) < 4.78 is 17.8. The lowest BCUT2D eigenvalue weighted by molar-refractivity contribution is 0.103. The average molecular weight is 378 g/mol. The van der Waals surface area contributed by atoms with Crippen molar-refractivity contribution < 1.29 is 19.0 Å². The molecule has 8 nitrogen and oxygen atoms in total. The van der Waals surface area contributed by atoms with Crippen LogP contribution in [0.15, 0.2) is 49.2 Å². The Balaban J connectivity index is 1.73. The van der Waals surface area contributed by atoms with Crippen molar-refractivity contribution in [1.29, 1.82) is 0 Å². The number of ketones is 1. The fourth-order valence-electron chi connectivity index (χ4n) is 3.11. The molecule has 1 aromatic carbocycles. The molecule has 4 rings (SSSR count). The Morgan fingerprint density at radius 1 is 1.00 bits per heavy atom. The number of rotatable bonds is 6. The number of hydrogen-bond donors (Lipinski definition) is 1. The molecular formula is C20H18N4O4. The van der Waals surface area contributed by atoms with Crippen LogP contribution in [-0.4, -0.2) is 46.6 Å². The highest BCUT2D eigenvalue weighted by Gasteiger charge is 2.19. The number of hydrogen-bond acceptors (Lipinski definition) is 6. The first-order valence-corrected chi connectivity index (χ1v) is 8.47. The average Bonchev–Trinajstić information content (AvgIpc) is 3.41. The first-order chi connectivity index (χ1) is 13.7. The van der Waals surface area contributed by atoms with E-state index in [1.54, 1.807) is 41.4 Å². The van der Waals surface area contributed by atoms with E-state index in [9.17, 15) is 4.79 Å². The van der Waals surface area contributed by atoms with Gasteiger partial charge in [0.25, 0.3) is 0 Å². The molecule has 142 valence electrons. The Labute approximate surface area is 160 Å². The molecule has 4 aromatic rings. The van der Waals surface area contributed by atoms with E-state index < -0.39 is 0 Å². The van der Waals surface area contributed by atoms with Crippen molar-refractivity contribution in [2.24, 2.45) is 0 Å². The molecule has 0 saturated heterocycles.